The van der Waals surface area contributed by atoms with Gasteiger partial charge in [0, 0.05) is 0 Å². The lowest BCUT2D eigenvalue weighted by molar-refractivity contribution is 0.422. The zero-order valence-electron chi connectivity index (χ0n) is 17.8. The summed E-state index contributed by atoms with van der Waals surface area (Å²) in [5, 5.41) is 14.0. The van der Waals surface area contributed by atoms with E-state index in [0.29, 0.717) is 5.75 Å². The molecule has 0 bridgehead atoms. The second kappa shape index (κ2) is 9.62. The zero-order valence-corrected chi connectivity index (χ0v) is 17.8. The molecule has 144 valence electrons. The van der Waals surface area contributed by atoms with Crippen LogP contribution in [0.25, 0.3) is 0 Å². The van der Waals surface area contributed by atoms with E-state index >= 15 is 0 Å². The summed E-state index contributed by atoms with van der Waals surface area (Å²) in [6.45, 7) is 14.2. The molecule has 1 aromatic carbocycles. The van der Waals surface area contributed by atoms with E-state index in [1.165, 1.54) is 44.1 Å². The summed E-state index contributed by atoms with van der Waals surface area (Å²) < 4.78 is 0. The third kappa shape index (κ3) is 7.40. The number of unbranched alkanes of at least 4 members (excludes halogenated alkanes) is 5. The molecule has 2 N–H and O–H groups in total. The van der Waals surface area contributed by atoms with E-state index < -0.39 is 0 Å². The van der Waals surface area contributed by atoms with Crippen LogP contribution in [0.3, 0.4) is 0 Å². The number of rotatable bonds is 9. The maximum Gasteiger partial charge on any atom is 0.123 e. The number of nitrogens with one attached hydrogen (secondary N) is 1. The van der Waals surface area contributed by atoms with Crippen LogP contribution in [0.2, 0.25) is 0 Å². The average molecular weight is 348 g/mol. The molecular weight excluding hydrogens is 306 g/mol. The Hall–Kier alpha value is -1.02. The highest BCUT2D eigenvalue weighted by molar-refractivity contribution is 5.49. The van der Waals surface area contributed by atoms with E-state index in [1.807, 2.05) is 7.05 Å². The van der Waals surface area contributed by atoms with E-state index in [1.54, 1.807) is 0 Å². The predicted molar refractivity (Wildman–Crippen MR) is 111 cm³/mol. The Labute approximate surface area is 156 Å². The summed E-state index contributed by atoms with van der Waals surface area (Å²) in [5.41, 5.74) is 3.48. The first-order chi connectivity index (χ1) is 11.6. The molecule has 0 unspecified atom stereocenters. The molecule has 0 saturated carbocycles. The van der Waals surface area contributed by atoms with Gasteiger partial charge in [0.2, 0.25) is 0 Å². The van der Waals surface area contributed by atoms with Crippen molar-refractivity contribution in [3.05, 3.63) is 28.8 Å². The van der Waals surface area contributed by atoms with Crippen LogP contribution in [0.5, 0.6) is 5.75 Å². The van der Waals surface area contributed by atoms with Gasteiger partial charge in [-0.3, -0.25) is 0 Å². The molecule has 0 aliphatic heterocycles. The zero-order chi connectivity index (χ0) is 19.1. The Kier molecular flexibility index (Phi) is 8.47. The minimum atomic E-state index is -0.0343. The molecule has 0 fully saturated rings. The summed E-state index contributed by atoms with van der Waals surface area (Å²) in [4.78, 5) is 0. The second-order valence-electron chi connectivity index (χ2n) is 9.51. The third-order valence-electron chi connectivity index (χ3n) is 4.93. The van der Waals surface area contributed by atoms with E-state index in [-0.39, 0.29) is 10.8 Å². The first-order valence-electron chi connectivity index (χ1n) is 10.1. The van der Waals surface area contributed by atoms with E-state index in [4.69, 9.17) is 0 Å². The fourth-order valence-electron chi connectivity index (χ4n) is 3.32. The number of hydrogen-bond acceptors (Lipinski definition) is 2. The molecule has 0 radical (unpaired) electrons. The lowest BCUT2D eigenvalue weighted by Gasteiger charge is -2.28. The lowest BCUT2D eigenvalue weighted by Crippen LogP contribution is -2.18. The molecule has 0 amide bonds. The second-order valence-corrected chi connectivity index (χ2v) is 9.51. The van der Waals surface area contributed by atoms with Gasteiger partial charge in [-0.25, -0.2) is 0 Å². The highest BCUT2D eigenvalue weighted by Crippen LogP contribution is 2.40. The third-order valence-corrected chi connectivity index (χ3v) is 4.93. The fraction of sp³-hybridized carbons (Fsp3) is 0.739. The molecule has 0 saturated heterocycles. The predicted octanol–water partition coefficient (Wildman–Crippen LogP) is 6.09. The topological polar surface area (TPSA) is 32.3 Å². The summed E-state index contributed by atoms with van der Waals surface area (Å²) >= 11 is 0. The molecule has 2 heteroatoms. The lowest BCUT2D eigenvalue weighted by atomic mass is 9.78. The molecule has 0 spiro atoms. The van der Waals surface area contributed by atoms with Gasteiger partial charge in [-0.2, -0.15) is 0 Å². The molecule has 0 aliphatic rings. The van der Waals surface area contributed by atoms with Crippen LogP contribution in [0.15, 0.2) is 12.1 Å². The van der Waals surface area contributed by atoms with Crippen molar-refractivity contribution in [2.45, 2.75) is 97.3 Å². The first kappa shape index (κ1) is 22.0. The Bertz CT molecular complexity index is 485. The molecule has 2 nitrogen and oxygen atoms in total. The van der Waals surface area contributed by atoms with Gasteiger partial charge in [-0.05, 0) is 60.4 Å². The maximum absolute atomic E-state index is 10.8. The van der Waals surface area contributed by atoms with E-state index in [0.717, 1.165) is 24.1 Å². The van der Waals surface area contributed by atoms with Gasteiger partial charge < -0.3 is 10.4 Å². The summed E-state index contributed by atoms with van der Waals surface area (Å²) in [6.07, 6.45) is 8.96. The highest BCUT2D eigenvalue weighted by atomic mass is 16.3. The molecule has 1 aromatic rings. The quantitative estimate of drug-likeness (QED) is 0.530. The van der Waals surface area contributed by atoms with Gasteiger partial charge in [-0.15, -0.1) is 0 Å². The van der Waals surface area contributed by atoms with Crippen LogP contribution in [0, 0.1) is 0 Å². The van der Waals surface area contributed by atoms with Gasteiger partial charge in [0.15, 0.2) is 0 Å². The van der Waals surface area contributed by atoms with Gasteiger partial charge >= 0.3 is 0 Å². The molecule has 0 atom stereocenters. The van der Waals surface area contributed by atoms with Crippen molar-refractivity contribution in [3.63, 3.8) is 0 Å². The van der Waals surface area contributed by atoms with Gasteiger partial charge in [0.25, 0.3) is 0 Å². The van der Waals surface area contributed by atoms with Crippen LogP contribution >= 0.6 is 0 Å². The smallest absolute Gasteiger partial charge is 0.123 e. The summed E-state index contributed by atoms with van der Waals surface area (Å²) in [5.74, 6) is 0.494. The number of phenols is 1. The summed E-state index contributed by atoms with van der Waals surface area (Å²) in [6, 6.07) is 4.47. The standard InChI is InChI=1S/C23H41NO/c1-22(2,3)19-16-18(17-20(21(19)25)23(4,5)6)14-12-10-8-9-11-13-15-24-7/h16-17,24-25H,8-15H2,1-7H3. The minimum Gasteiger partial charge on any atom is -0.507 e. The number of aromatic hydroxyl groups is 1. The molecule has 1 rings (SSSR count). The first-order valence-corrected chi connectivity index (χ1v) is 10.1. The van der Waals surface area contributed by atoms with Gasteiger partial charge in [-0.1, -0.05) is 79.4 Å². The van der Waals surface area contributed by atoms with E-state index in [9.17, 15) is 5.11 Å². The molecular formula is C23H41NO. The van der Waals surface area contributed by atoms with Gasteiger partial charge in [0.05, 0.1) is 0 Å². The Morgan fingerprint density at radius 1 is 0.760 bits per heavy atom. The molecule has 25 heavy (non-hydrogen) atoms. The van der Waals surface area contributed by atoms with Gasteiger partial charge in [0.1, 0.15) is 5.75 Å². The van der Waals surface area contributed by atoms with Crippen molar-refractivity contribution < 1.29 is 5.11 Å². The molecule has 0 aliphatic carbocycles. The van der Waals surface area contributed by atoms with Crippen LogP contribution in [-0.4, -0.2) is 18.7 Å². The van der Waals surface area contributed by atoms with Crippen LogP contribution < -0.4 is 5.32 Å². The average Bonchev–Trinajstić information content (AvgIpc) is 2.48. The number of phenolic OH excluding ortho intramolecular Hbond substituents is 1. The molecule has 0 aromatic heterocycles. The minimum absolute atomic E-state index is 0.0343. The Balaban J connectivity index is 2.71. The Morgan fingerprint density at radius 3 is 1.64 bits per heavy atom. The molecule has 0 heterocycles. The highest BCUT2D eigenvalue weighted by Gasteiger charge is 2.26. The van der Waals surface area contributed by atoms with E-state index in [2.05, 4.69) is 59.0 Å². The fourth-order valence-corrected chi connectivity index (χ4v) is 3.32. The van der Waals surface area contributed by atoms with Crippen molar-refractivity contribution in [2.75, 3.05) is 13.6 Å². The summed E-state index contributed by atoms with van der Waals surface area (Å²) in [7, 11) is 2.02. The van der Waals surface area contributed by atoms with Crippen molar-refractivity contribution in [3.8, 4) is 5.75 Å². The number of hydrogen-bond donors (Lipinski definition) is 2. The number of benzene rings is 1. The normalized spacial score (nSPS) is 12.6. The van der Waals surface area contributed by atoms with Crippen molar-refractivity contribution >= 4 is 0 Å². The monoisotopic (exact) mass is 347 g/mol. The van der Waals surface area contributed by atoms with Crippen molar-refractivity contribution in [1.29, 1.82) is 0 Å². The van der Waals surface area contributed by atoms with Crippen LogP contribution in [0.4, 0.5) is 0 Å². The Morgan fingerprint density at radius 2 is 1.20 bits per heavy atom. The SMILES string of the molecule is CNCCCCCCCCc1cc(C(C)(C)C)c(O)c(C(C)(C)C)c1. The maximum atomic E-state index is 10.8. The van der Waals surface area contributed by atoms with Crippen LogP contribution in [-0.2, 0) is 17.3 Å². The van der Waals surface area contributed by atoms with Crippen LogP contribution in [0.1, 0.15) is 96.8 Å². The van der Waals surface area contributed by atoms with Crippen molar-refractivity contribution in [1.82, 2.24) is 5.32 Å². The largest absolute Gasteiger partial charge is 0.507 e. The van der Waals surface area contributed by atoms with Crippen molar-refractivity contribution in [2.24, 2.45) is 0 Å². The number of aryl methyl sites for hydroxylation is 1.